The summed E-state index contributed by atoms with van der Waals surface area (Å²) in [4.78, 5) is 0. The summed E-state index contributed by atoms with van der Waals surface area (Å²) < 4.78 is 13.1. The van der Waals surface area contributed by atoms with Crippen LogP contribution in [0.25, 0.3) is 0 Å². The van der Waals surface area contributed by atoms with Crippen LogP contribution < -0.4 is 0 Å². The van der Waals surface area contributed by atoms with Crippen LogP contribution in [0, 0.1) is 17.7 Å². The zero-order chi connectivity index (χ0) is 13.3. The summed E-state index contributed by atoms with van der Waals surface area (Å²) >= 11 is 5.77. The summed E-state index contributed by atoms with van der Waals surface area (Å²) in [5, 5.41) is 10.8. The molecule has 100 valence electrons. The Hall–Kier alpha value is -0.600. The molecule has 0 heterocycles. The summed E-state index contributed by atoms with van der Waals surface area (Å²) in [6.45, 7) is 4.42. The second-order valence-electron chi connectivity index (χ2n) is 5.85. The van der Waals surface area contributed by atoms with Crippen molar-refractivity contribution in [2.45, 2.75) is 45.1 Å². The summed E-state index contributed by atoms with van der Waals surface area (Å²) in [6, 6.07) is 4.70. The van der Waals surface area contributed by atoms with Crippen molar-refractivity contribution in [3.8, 4) is 0 Å². The number of rotatable bonds is 2. The summed E-state index contributed by atoms with van der Waals surface area (Å²) in [7, 11) is 0. The van der Waals surface area contributed by atoms with E-state index in [1.165, 1.54) is 6.07 Å². The maximum atomic E-state index is 13.1. The molecular weight excluding hydrogens is 251 g/mol. The predicted octanol–water partition coefficient (Wildman–Crippen LogP) is 4.21. The van der Waals surface area contributed by atoms with Gasteiger partial charge in [0.15, 0.2) is 0 Å². The van der Waals surface area contributed by atoms with E-state index in [4.69, 9.17) is 11.6 Å². The molecule has 1 saturated carbocycles. The Morgan fingerprint density at radius 2 is 2.11 bits per heavy atom. The molecule has 0 saturated heterocycles. The zero-order valence-corrected chi connectivity index (χ0v) is 11.7. The van der Waals surface area contributed by atoms with E-state index in [9.17, 15) is 9.50 Å². The number of halogens is 2. The molecule has 1 aliphatic carbocycles. The molecule has 0 radical (unpaired) electrons. The van der Waals surface area contributed by atoms with Crippen LogP contribution in [-0.2, 0) is 6.42 Å². The number of benzene rings is 1. The fourth-order valence-electron chi connectivity index (χ4n) is 2.87. The van der Waals surface area contributed by atoms with Gasteiger partial charge < -0.3 is 5.11 Å². The molecular formula is C15H20ClFO. The van der Waals surface area contributed by atoms with Gasteiger partial charge in [-0.2, -0.15) is 0 Å². The van der Waals surface area contributed by atoms with Gasteiger partial charge in [-0.25, -0.2) is 4.39 Å². The highest BCUT2D eigenvalue weighted by Gasteiger charge is 2.35. The predicted molar refractivity (Wildman–Crippen MR) is 72.2 cm³/mol. The van der Waals surface area contributed by atoms with Gasteiger partial charge in [0, 0.05) is 6.42 Å². The SMILES string of the molecule is CC1CCC(O)(Cc2ccc(F)c(Cl)c2)CC1C. The molecule has 0 amide bonds. The molecule has 2 rings (SSSR count). The quantitative estimate of drug-likeness (QED) is 0.854. The number of hydrogen-bond donors (Lipinski definition) is 1. The average Bonchev–Trinajstić information content (AvgIpc) is 2.29. The zero-order valence-electron chi connectivity index (χ0n) is 10.9. The van der Waals surface area contributed by atoms with Crippen molar-refractivity contribution in [2.24, 2.45) is 11.8 Å². The molecule has 1 aromatic carbocycles. The van der Waals surface area contributed by atoms with Gasteiger partial charge in [-0.15, -0.1) is 0 Å². The minimum absolute atomic E-state index is 0.133. The van der Waals surface area contributed by atoms with Gasteiger partial charge in [0.2, 0.25) is 0 Å². The van der Waals surface area contributed by atoms with Crippen molar-refractivity contribution >= 4 is 11.6 Å². The van der Waals surface area contributed by atoms with Crippen molar-refractivity contribution in [2.75, 3.05) is 0 Å². The number of hydrogen-bond acceptors (Lipinski definition) is 1. The van der Waals surface area contributed by atoms with Crippen LogP contribution in [0.4, 0.5) is 4.39 Å². The number of aliphatic hydroxyl groups is 1. The summed E-state index contributed by atoms with van der Waals surface area (Å²) in [5.74, 6) is 0.791. The van der Waals surface area contributed by atoms with E-state index in [-0.39, 0.29) is 5.02 Å². The average molecular weight is 271 g/mol. The van der Waals surface area contributed by atoms with Gasteiger partial charge >= 0.3 is 0 Å². The molecule has 0 aliphatic heterocycles. The van der Waals surface area contributed by atoms with Crippen LogP contribution in [0.15, 0.2) is 18.2 Å². The standard InChI is InChI=1S/C15H20ClFO/c1-10-5-6-15(18,8-11(10)2)9-12-3-4-14(17)13(16)7-12/h3-4,7,10-11,18H,5-6,8-9H2,1-2H3. The largest absolute Gasteiger partial charge is 0.390 e. The van der Waals surface area contributed by atoms with E-state index in [1.54, 1.807) is 12.1 Å². The van der Waals surface area contributed by atoms with Crippen molar-refractivity contribution in [3.63, 3.8) is 0 Å². The Kier molecular flexibility index (Phi) is 3.98. The third-order valence-electron chi connectivity index (χ3n) is 4.26. The minimum Gasteiger partial charge on any atom is -0.390 e. The normalized spacial score (nSPS) is 32.5. The van der Waals surface area contributed by atoms with E-state index >= 15 is 0 Å². The highest BCUT2D eigenvalue weighted by atomic mass is 35.5. The smallest absolute Gasteiger partial charge is 0.141 e. The van der Waals surface area contributed by atoms with Crippen molar-refractivity contribution < 1.29 is 9.50 Å². The van der Waals surface area contributed by atoms with Crippen LogP contribution in [-0.4, -0.2) is 10.7 Å². The summed E-state index contributed by atoms with van der Waals surface area (Å²) in [6.07, 6.45) is 3.23. The first-order chi connectivity index (χ1) is 8.39. The monoisotopic (exact) mass is 270 g/mol. The molecule has 1 nitrogen and oxygen atoms in total. The third-order valence-corrected chi connectivity index (χ3v) is 4.55. The van der Waals surface area contributed by atoms with Crippen LogP contribution in [0.5, 0.6) is 0 Å². The van der Waals surface area contributed by atoms with Crippen LogP contribution in [0.1, 0.15) is 38.7 Å². The highest BCUT2D eigenvalue weighted by Crippen LogP contribution is 2.38. The van der Waals surface area contributed by atoms with Gasteiger partial charge in [-0.05, 0) is 48.8 Å². The van der Waals surface area contributed by atoms with E-state index < -0.39 is 11.4 Å². The summed E-state index contributed by atoms with van der Waals surface area (Å²) in [5.41, 5.74) is 0.248. The first kappa shape index (κ1) is 13.8. The molecule has 18 heavy (non-hydrogen) atoms. The maximum Gasteiger partial charge on any atom is 0.141 e. The Morgan fingerprint density at radius 3 is 2.72 bits per heavy atom. The topological polar surface area (TPSA) is 20.2 Å². The lowest BCUT2D eigenvalue weighted by molar-refractivity contribution is -0.0279. The fraction of sp³-hybridized carbons (Fsp3) is 0.600. The fourth-order valence-corrected chi connectivity index (χ4v) is 3.08. The van der Waals surface area contributed by atoms with E-state index in [0.717, 1.165) is 24.8 Å². The van der Waals surface area contributed by atoms with Crippen LogP contribution in [0.2, 0.25) is 5.02 Å². The minimum atomic E-state index is -0.660. The van der Waals surface area contributed by atoms with Crippen molar-refractivity contribution in [1.82, 2.24) is 0 Å². The second kappa shape index (κ2) is 5.18. The molecule has 3 unspecified atom stereocenters. The van der Waals surface area contributed by atoms with Crippen LogP contribution in [0.3, 0.4) is 0 Å². The van der Waals surface area contributed by atoms with Crippen molar-refractivity contribution in [3.05, 3.63) is 34.6 Å². The molecule has 1 N–H and O–H groups in total. The van der Waals surface area contributed by atoms with Gasteiger partial charge in [-0.3, -0.25) is 0 Å². The van der Waals surface area contributed by atoms with Gasteiger partial charge in [0.05, 0.1) is 10.6 Å². The highest BCUT2D eigenvalue weighted by molar-refractivity contribution is 6.30. The molecule has 0 bridgehead atoms. The molecule has 1 fully saturated rings. The van der Waals surface area contributed by atoms with Crippen LogP contribution >= 0.6 is 11.6 Å². The Balaban J connectivity index is 2.10. The Morgan fingerprint density at radius 1 is 1.39 bits per heavy atom. The third kappa shape index (κ3) is 3.04. The molecule has 3 heteroatoms. The maximum absolute atomic E-state index is 13.1. The van der Waals surface area contributed by atoms with Crippen molar-refractivity contribution in [1.29, 1.82) is 0 Å². The first-order valence-corrected chi connectivity index (χ1v) is 6.94. The molecule has 0 aromatic heterocycles. The second-order valence-corrected chi connectivity index (χ2v) is 6.25. The van der Waals surface area contributed by atoms with E-state index in [0.29, 0.717) is 18.3 Å². The Bertz CT molecular complexity index is 435. The Labute approximate surface area is 113 Å². The van der Waals surface area contributed by atoms with Gasteiger partial charge in [0.1, 0.15) is 5.82 Å². The molecule has 1 aliphatic rings. The lowest BCUT2D eigenvalue weighted by atomic mass is 9.71. The first-order valence-electron chi connectivity index (χ1n) is 6.56. The molecule has 0 spiro atoms. The molecule has 3 atom stereocenters. The molecule has 1 aromatic rings. The van der Waals surface area contributed by atoms with Gasteiger partial charge in [-0.1, -0.05) is 31.5 Å². The lowest BCUT2D eigenvalue weighted by Gasteiger charge is -2.39. The van der Waals surface area contributed by atoms with Gasteiger partial charge in [0.25, 0.3) is 0 Å². The lowest BCUT2D eigenvalue weighted by Crippen LogP contribution is -2.39. The van der Waals surface area contributed by atoms with E-state index in [2.05, 4.69) is 13.8 Å². The van der Waals surface area contributed by atoms with E-state index in [1.807, 2.05) is 0 Å².